The number of nitrogens with one attached hydrogen (secondary N) is 1. The average Bonchev–Trinajstić information content (AvgIpc) is 2.65. The van der Waals surface area contributed by atoms with Crippen LogP contribution in [0.2, 0.25) is 0 Å². The van der Waals surface area contributed by atoms with E-state index in [2.05, 4.69) is 10.5 Å². The molecule has 0 aliphatic carbocycles. The van der Waals surface area contributed by atoms with E-state index in [-0.39, 0.29) is 5.91 Å². The molecule has 0 unspecified atom stereocenters. The van der Waals surface area contributed by atoms with Crippen LogP contribution in [-0.4, -0.2) is 11.1 Å². The highest BCUT2D eigenvalue weighted by atomic mass is 16.5. The molecule has 0 radical (unpaired) electrons. The Bertz CT molecular complexity index is 517. The largest absolute Gasteiger partial charge is 0.356 e. The molecule has 16 heavy (non-hydrogen) atoms. The number of benzene rings is 1. The Kier molecular flexibility index (Phi) is 2.72. The molecular formula is C12H12N2O2. The number of carbonyl (C=O) groups excluding carboxylic acids is 1. The number of aromatic nitrogens is 1. The van der Waals surface area contributed by atoms with E-state index in [9.17, 15) is 4.79 Å². The highest BCUT2D eigenvalue weighted by molar-refractivity contribution is 5.93. The minimum Gasteiger partial charge on any atom is -0.356 e. The van der Waals surface area contributed by atoms with Crippen LogP contribution in [0.1, 0.15) is 12.6 Å². The molecule has 2 rings (SSSR count). The molecule has 0 saturated heterocycles. The zero-order valence-electron chi connectivity index (χ0n) is 9.15. The average molecular weight is 216 g/mol. The Morgan fingerprint density at radius 1 is 1.38 bits per heavy atom. The Labute approximate surface area is 93.3 Å². The maximum Gasteiger partial charge on any atom is 0.221 e. The zero-order chi connectivity index (χ0) is 11.5. The number of rotatable bonds is 2. The second-order valence-corrected chi connectivity index (χ2v) is 3.56. The maximum atomic E-state index is 11.0. The van der Waals surface area contributed by atoms with Gasteiger partial charge in [0, 0.05) is 18.6 Å². The molecule has 1 heterocycles. The summed E-state index contributed by atoms with van der Waals surface area (Å²) in [6, 6.07) is 9.29. The lowest BCUT2D eigenvalue weighted by Gasteiger charge is -2.06. The summed E-state index contributed by atoms with van der Waals surface area (Å²) in [6.45, 7) is 3.33. The predicted octanol–water partition coefficient (Wildman–Crippen LogP) is 2.61. The summed E-state index contributed by atoms with van der Waals surface area (Å²) in [6.07, 6.45) is 0. The van der Waals surface area contributed by atoms with Gasteiger partial charge in [0.15, 0.2) is 5.76 Å². The van der Waals surface area contributed by atoms with Gasteiger partial charge < -0.3 is 9.84 Å². The van der Waals surface area contributed by atoms with Crippen molar-refractivity contribution >= 4 is 11.6 Å². The molecule has 0 bridgehead atoms. The first-order valence-electron chi connectivity index (χ1n) is 4.97. The molecule has 2 aromatic rings. The van der Waals surface area contributed by atoms with Crippen LogP contribution in [0.4, 0.5) is 5.69 Å². The molecule has 0 aliphatic heterocycles. The first kappa shape index (κ1) is 10.4. The normalized spacial score (nSPS) is 10.1. The maximum absolute atomic E-state index is 11.0. The van der Waals surface area contributed by atoms with Crippen molar-refractivity contribution in [3.63, 3.8) is 0 Å². The number of hydrogen-bond donors (Lipinski definition) is 1. The standard InChI is InChI=1S/C12H12N2O2/c1-8-7-12(16-14-8)10-5-3-4-6-11(10)13-9(2)15/h3-7H,1-2H3,(H,13,15). The van der Waals surface area contributed by atoms with E-state index in [4.69, 9.17) is 4.52 Å². The Morgan fingerprint density at radius 2 is 2.12 bits per heavy atom. The van der Waals surface area contributed by atoms with Gasteiger partial charge in [-0.05, 0) is 19.1 Å². The number of para-hydroxylation sites is 1. The van der Waals surface area contributed by atoms with Crippen LogP contribution in [0.3, 0.4) is 0 Å². The summed E-state index contributed by atoms with van der Waals surface area (Å²) < 4.78 is 5.17. The van der Waals surface area contributed by atoms with Crippen molar-refractivity contribution in [3.8, 4) is 11.3 Å². The lowest BCUT2D eigenvalue weighted by Crippen LogP contribution is -2.06. The van der Waals surface area contributed by atoms with Crippen molar-refractivity contribution in [2.75, 3.05) is 5.32 Å². The van der Waals surface area contributed by atoms with Crippen LogP contribution in [0, 0.1) is 6.92 Å². The second kappa shape index (κ2) is 4.18. The fourth-order valence-electron chi connectivity index (χ4n) is 1.49. The lowest BCUT2D eigenvalue weighted by atomic mass is 10.1. The van der Waals surface area contributed by atoms with E-state index in [1.165, 1.54) is 6.92 Å². The summed E-state index contributed by atoms with van der Waals surface area (Å²) in [5.74, 6) is 0.547. The molecule has 0 aliphatic rings. The summed E-state index contributed by atoms with van der Waals surface area (Å²) in [5.41, 5.74) is 2.37. The van der Waals surface area contributed by atoms with E-state index in [0.29, 0.717) is 5.76 Å². The summed E-state index contributed by atoms with van der Waals surface area (Å²) in [4.78, 5) is 11.0. The molecule has 4 nitrogen and oxygen atoms in total. The third-order valence-electron chi connectivity index (χ3n) is 2.13. The predicted molar refractivity (Wildman–Crippen MR) is 61.0 cm³/mol. The van der Waals surface area contributed by atoms with Crippen LogP contribution < -0.4 is 5.32 Å². The van der Waals surface area contributed by atoms with Gasteiger partial charge >= 0.3 is 0 Å². The van der Waals surface area contributed by atoms with Crippen LogP contribution in [0.15, 0.2) is 34.9 Å². The van der Waals surface area contributed by atoms with E-state index in [0.717, 1.165) is 16.9 Å². The van der Waals surface area contributed by atoms with Crippen molar-refractivity contribution in [1.82, 2.24) is 5.16 Å². The monoisotopic (exact) mass is 216 g/mol. The molecule has 1 N–H and O–H groups in total. The fraction of sp³-hybridized carbons (Fsp3) is 0.167. The summed E-state index contributed by atoms with van der Waals surface area (Å²) in [5, 5.41) is 6.58. The van der Waals surface area contributed by atoms with E-state index in [1.807, 2.05) is 37.3 Å². The van der Waals surface area contributed by atoms with Crippen molar-refractivity contribution in [2.45, 2.75) is 13.8 Å². The summed E-state index contributed by atoms with van der Waals surface area (Å²) >= 11 is 0. The minimum atomic E-state index is -0.108. The van der Waals surface area contributed by atoms with Gasteiger partial charge in [-0.1, -0.05) is 17.3 Å². The minimum absolute atomic E-state index is 0.108. The van der Waals surface area contributed by atoms with Crippen molar-refractivity contribution in [1.29, 1.82) is 0 Å². The van der Waals surface area contributed by atoms with Crippen LogP contribution in [0.5, 0.6) is 0 Å². The molecule has 82 valence electrons. The van der Waals surface area contributed by atoms with Gasteiger partial charge in [-0.15, -0.1) is 0 Å². The molecule has 1 aromatic heterocycles. The molecule has 1 aromatic carbocycles. The molecule has 1 amide bonds. The van der Waals surface area contributed by atoms with E-state index >= 15 is 0 Å². The number of nitrogens with zero attached hydrogens (tertiary/aromatic N) is 1. The highest BCUT2D eigenvalue weighted by Crippen LogP contribution is 2.28. The van der Waals surface area contributed by atoms with Gasteiger partial charge in [-0.3, -0.25) is 4.79 Å². The molecule has 0 fully saturated rings. The van der Waals surface area contributed by atoms with Crippen LogP contribution in [0.25, 0.3) is 11.3 Å². The van der Waals surface area contributed by atoms with Gasteiger partial charge in [0.25, 0.3) is 0 Å². The van der Waals surface area contributed by atoms with Crippen molar-refractivity contribution in [3.05, 3.63) is 36.0 Å². The topological polar surface area (TPSA) is 55.1 Å². The number of hydrogen-bond acceptors (Lipinski definition) is 3. The Hall–Kier alpha value is -2.10. The van der Waals surface area contributed by atoms with Gasteiger partial charge in [-0.2, -0.15) is 0 Å². The molecule has 4 heteroatoms. The Morgan fingerprint density at radius 3 is 2.75 bits per heavy atom. The Balaban J connectivity index is 2.43. The highest BCUT2D eigenvalue weighted by Gasteiger charge is 2.09. The van der Waals surface area contributed by atoms with Gasteiger partial charge in [0.1, 0.15) is 0 Å². The van der Waals surface area contributed by atoms with Crippen LogP contribution >= 0.6 is 0 Å². The molecule has 0 saturated carbocycles. The number of anilines is 1. The third kappa shape index (κ3) is 2.11. The van der Waals surface area contributed by atoms with Crippen molar-refractivity contribution in [2.24, 2.45) is 0 Å². The molecular weight excluding hydrogens is 204 g/mol. The second-order valence-electron chi connectivity index (χ2n) is 3.56. The first-order valence-corrected chi connectivity index (χ1v) is 4.97. The molecule has 0 spiro atoms. The van der Waals surface area contributed by atoms with Crippen molar-refractivity contribution < 1.29 is 9.32 Å². The van der Waals surface area contributed by atoms with Gasteiger partial charge in [0.2, 0.25) is 5.91 Å². The van der Waals surface area contributed by atoms with Gasteiger partial charge in [0.05, 0.1) is 11.4 Å². The van der Waals surface area contributed by atoms with E-state index in [1.54, 1.807) is 0 Å². The zero-order valence-corrected chi connectivity index (χ0v) is 9.15. The van der Waals surface area contributed by atoms with Gasteiger partial charge in [-0.25, -0.2) is 0 Å². The lowest BCUT2D eigenvalue weighted by molar-refractivity contribution is -0.114. The first-order chi connectivity index (χ1) is 7.66. The number of aryl methyl sites for hydroxylation is 1. The van der Waals surface area contributed by atoms with Crippen LogP contribution in [-0.2, 0) is 4.79 Å². The number of carbonyl (C=O) groups is 1. The van der Waals surface area contributed by atoms with E-state index < -0.39 is 0 Å². The fourth-order valence-corrected chi connectivity index (χ4v) is 1.49. The number of amides is 1. The smallest absolute Gasteiger partial charge is 0.221 e. The molecule has 0 atom stereocenters. The quantitative estimate of drug-likeness (QED) is 0.839. The summed E-state index contributed by atoms with van der Waals surface area (Å²) in [7, 11) is 0. The third-order valence-corrected chi connectivity index (χ3v) is 2.13. The SMILES string of the molecule is CC(=O)Nc1ccccc1-c1cc(C)no1.